The molecular weight excluding hydrogens is 210 g/mol. The van der Waals surface area contributed by atoms with E-state index < -0.39 is 22.3 Å². The van der Waals surface area contributed by atoms with Crippen molar-refractivity contribution >= 4 is 16.2 Å². The van der Waals surface area contributed by atoms with Crippen molar-refractivity contribution in [2.45, 2.75) is 25.5 Å². The van der Waals surface area contributed by atoms with Gasteiger partial charge in [-0.15, -0.1) is 0 Å². The van der Waals surface area contributed by atoms with Crippen LogP contribution in [0.2, 0.25) is 0 Å². The van der Waals surface area contributed by atoms with E-state index in [0.29, 0.717) is 6.42 Å². The smallest absolute Gasteiger partial charge is 0.407 e. The van der Waals surface area contributed by atoms with Crippen LogP contribution in [0.5, 0.6) is 0 Å². The predicted octanol–water partition coefficient (Wildman–Crippen LogP) is 0.103. The van der Waals surface area contributed by atoms with E-state index in [-0.39, 0.29) is 12.6 Å². The van der Waals surface area contributed by atoms with Crippen molar-refractivity contribution in [2.24, 2.45) is 0 Å². The van der Waals surface area contributed by atoms with E-state index in [1.165, 1.54) is 4.90 Å². The maximum atomic E-state index is 10.8. The summed E-state index contributed by atoms with van der Waals surface area (Å²) < 4.78 is 26.3. The second kappa shape index (κ2) is 3.74. The van der Waals surface area contributed by atoms with Gasteiger partial charge in [0, 0.05) is 6.04 Å². The summed E-state index contributed by atoms with van der Waals surface area (Å²) in [5.41, 5.74) is 0. The number of carboxylic acid groups (broad SMARTS) is 1. The summed E-state index contributed by atoms with van der Waals surface area (Å²) in [7, 11) is -3.50. The quantitative estimate of drug-likeness (QED) is 0.671. The lowest BCUT2D eigenvalue weighted by atomic mass is 10.2. The van der Waals surface area contributed by atoms with E-state index >= 15 is 0 Å². The Morgan fingerprint density at radius 1 is 1.57 bits per heavy atom. The van der Waals surface area contributed by atoms with Crippen LogP contribution in [0.4, 0.5) is 4.79 Å². The number of hydrogen-bond donors (Lipinski definition) is 1. The standard InChI is InChI=1S/C7H13NO5S/c1-5-3-6(13-14(2,11)12)4-8(5)7(9)10/h5-6H,3-4H2,1-2H3,(H,9,10)/t5-,6+/m1/s1. The molecule has 1 aliphatic rings. The molecule has 1 fully saturated rings. The Bertz CT molecular complexity index is 325. The third kappa shape index (κ3) is 2.85. The molecule has 1 saturated heterocycles. The lowest BCUT2D eigenvalue weighted by Gasteiger charge is -2.16. The van der Waals surface area contributed by atoms with Gasteiger partial charge in [0.05, 0.1) is 18.9 Å². The van der Waals surface area contributed by atoms with Gasteiger partial charge in [0.2, 0.25) is 0 Å². The van der Waals surface area contributed by atoms with Crippen molar-refractivity contribution in [3.05, 3.63) is 0 Å². The Labute approximate surface area is 82.6 Å². The molecule has 6 nitrogen and oxygen atoms in total. The normalized spacial score (nSPS) is 28.0. The molecule has 0 aromatic heterocycles. The topological polar surface area (TPSA) is 83.9 Å². The van der Waals surface area contributed by atoms with Gasteiger partial charge in [-0.25, -0.2) is 4.79 Å². The first-order valence-corrected chi connectivity index (χ1v) is 5.99. The first-order valence-electron chi connectivity index (χ1n) is 4.17. The SMILES string of the molecule is C[C@@H]1C[C@H](OS(C)(=O)=O)CN1C(=O)O. The van der Waals surface area contributed by atoms with Gasteiger partial charge >= 0.3 is 6.09 Å². The fraction of sp³-hybridized carbons (Fsp3) is 0.857. The highest BCUT2D eigenvalue weighted by atomic mass is 32.2. The molecule has 7 heteroatoms. The summed E-state index contributed by atoms with van der Waals surface area (Å²) in [4.78, 5) is 11.8. The van der Waals surface area contributed by atoms with Gasteiger partial charge in [-0.1, -0.05) is 0 Å². The molecule has 1 amide bonds. The van der Waals surface area contributed by atoms with Crippen molar-refractivity contribution in [1.29, 1.82) is 0 Å². The second-order valence-corrected chi connectivity index (χ2v) is 5.04. The molecule has 1 heterocycles. The molecule has 0 aliphatic carbocycles. The van der Waals surface area contributed by atoms with E-state index in [1.807, 2.05) is 0 Å². The third-order valence-corrected chi connectivity index (χ3v) is 2.71. The van der Waals surface area contributed by atoms with Crippen molar-refractivity contribution in [3.63, 3.8) is 0 Å². The number of rotatable bonds is 2. The Hall–Kier alpha value is -0.820. The highest BCUT2D eigenvalue weighted by Crippen LogP contribution is 2.20. The van der Waals surface area contributed by atoms with Gasteiger partial charge in [0.15, 0.2) is 0 Å². The van der Waals surface area contributed by atoms with Gasteiger partial charge in [0.1, 0.15) is 0 Å². The second-order valence-electron chi connectivity index (χ2n) is 3.44. The number of carbonyl (C=O) groups is 1. The van der Waals surface area contributed by atoms with Crippen LogP contribution in [0.3, 0.4) is 0 Å². The summed E-state index contributed by atoms with van der Waals surface area (Å²) in [6.45, 7) is 1.84. The Morgan fingerprint density at radius 3 is 2.50 bits per heavy atom. The predicted molar refractivity (Wildman–Crippen MR) is 48.5 cm³/mol. The van der Waals surface area contributed by atoms with Crippen LogP contribution < -0.4 is 0 Å². The minimum absolute atomic E-state index is 0.115. The van der Waals surface area contributed by atoms with Crippen molar-refractivity contribution in [2.75, 3.05) is 12.8 Å². The largest absolute Gasteiger partial charge is 0.465 e. The third-order valence-electron chi connectivity index (χ3n) is 2.09. The maximum absolute atomic E-state index is 10.8. The molecule has 0 bridgehead atoms. The molecule has 1 aliphatic heterocycles. The van der Waals surface area contributed by atoms with E-state index in [4.69, 9.17) is 9.29 Å². The summed E-state index contributed by atoms with van der Waals surface area (Å²) in [6.07, 6.45) is -0.214. The minimum atomic E-state index is -3.50. The molecule has 0 aromatic carbocycles. The molecule has 1 rings (SSSR count). The number of hydrogen-bond acceptors (Lipinski definition) is 4. The maximum Gasteiger partial charge on any atom is 0.407 e. The fourth-order valence-corrected chi connectivity index (χ4v) is 2.20. The van der Waals surface area contributed by atoms with Gasteiger partial charge in [-0.3, -0.25) is 4.18 Å². The van der Waals surface area contributed by atoms with Crippen LogP contribution in [0.25, 0.3) is 0 Å². The average Bonchev–Trinajstić information content (AvgIpc) is 2.26. The summed E-state index contributed by atoms with van der Waals surface area (Å²) >= 11 is 0. The van der Waals surface area contributed by atoms with Crippen molar-refractivity contribution in [3.8, 4) is 0 Å². The van der Waals surface area contributed by atoms with Crippen LogP contribution in [-0.4, -0.2) is 49.5 Å². The first kappa shape index (κ1) is 11.3. The summed E-state index contributed by atoms with van der Waals surface area (Å²) in [5.74, 6) is 0. The molecular formula is C7H13NO5S. The van der Waals surface area contributed by atoms with E-state index in [2.05, 4.69) is 0 Å². The van der Waals surface area contributed by atoms with Gasteiger partial charge < -0.3 is 10.0 Å². The monoisotopic (exact) mass is 223 g/mol. The van der Waals surface area contributed by atoms with Crippen LogP contribution in [0, 0.1) is 0 Å². The van der Waals surface area contributed by atoms with Crippen molar-refractivity contribution in [1.82, 2.24) is 4.90 Å². The lowest BCUT2D eigenvalue weighted by molar-refractivity contribution is 0.137. The zero-order chi connectivity index (χ0) is 10.9. The number of nitrogens with zero attached hydrogens (tertiary/aromatic N) is 1. The fourth-order valence-electron chi connectivity index (χ4n) is 1.57. The lowest BCUT2D eigenvalue weighted by Crippen LogP contribution is -2.33. The van der Waals surface area contributed by atoms with Gasteiger partial charge in [0.25, 0.3) is 10.1 Å². The van der Waals surface area contributed by atoms with Crippen LogP contribution in [0.1, 0.15) is 13.3 Å². The molecule has 0 spiro atoms. The van der Waals surface area contributed by atoms with Crippen LogP contribution in [-0.2, 0) is 14.3 Å². The van der Waals surface area contributed by atoms with Crippen LogP contribution in [0.15, 0.2) is 0 Å². The molecule has 1 N–H and O–H groups in total. The summed E-state index contributed by atoms with van der Waals surface area (Å²) in [5, 5.41) is 8.72. The van der Waals surface area contributed by atoms with Gasteiger partial charge in [-0.05, 0) is 13.3 Å². The van der Waals surface area contributed by atoms with E-state index in [0.717, 1.165) is 6.26 Å². The molecule has 0 radical (unpaired) electrons. The summed E-state index contributed by atoms with van der Waals surface area (Å²) in [6, 6.07) is -0.195. The Balaban J connectivity index is 2.60. The van der Waals surface area contributed by atoms with Gasteiger partial charge in [-0.2, -0.15) is 8.42 Å². The van der Waals surface area contributed by atoms with E-state index in [9.17, 15) is 13.2 Å². The molecule has 0 aromatic rings. The molecule has 0 saturated carbocycles. The minimum Gasteiger partial charge on any atom is -0.465 e. The molecule has 2 atom stereocenters. The molecule has 0 unspecified atom stereocenters. The molecule has 14 heavy (non-hydrogen) atoms. The zero-order valence-corrected chi connectivity index (χ0v) is 8.82. The number of likely N-dealkylation sites (tertiary alicyclic amines) is 1. The van der Waals surface area contributed by atoms with Crippen LogP contribution >= 0.6 is 0 Å². The average molecular weight is 223 g/mol. The highest BCUT2D eigenvalue weighted by Gasteiger charge is 2.34. The first-order chi connectivity index (χ1) is 6.29. The van der Waals surface area contributed by atoms with Crippen molar-refractivity contribution < 1.29 is 22.5 Å². The number of amides is 1. The van der Waals surface area contributed by atoms with E-state index in [1.54, 1.807) is 6.92 Å². The highest BCUT2D eigenvalue weighted by molar-refractivity contribution is 7.86. The Morgan fingerprint density at radius 2 is 2.14 bits per heavy atom. The zero-order valence-electron chi connectivity index (χ0n) is 8.00. The molecule has 82 valence electrons. The Kier molecular flexibility index (Phi) is 3.01.